The Bertz CT molecular complexity index is 532. The number of methoxy groups -OCH3 is 1. The van der Waals surface area contributed by atoms with Gasteiger partial charge < -0.3 is 9.47 Å². The number of carbonyl (C=O) groups is 1. The molecule has 0 unspecified atom stereocenters. The normalized spacial score (nSPS) is 10.2. The third-order valence-corrected chi connectivity index (χ3v) is 2.78. The van der Waals surface area contributed by atoms with Crippen molar-refractivity contribution in [3.8, 4) is 5.75 Å². The molecule has 19 heavy (non-hydrogen) atoms. The lowest BCUT2D eigenvalue weighted by atomic mass is 10.1. The Morgan fingerprint density at radius 2 is 1.74 bits per heavy atom. The van der Waals surface area contributed by atoms with Crippen molar-refractivity contribution in [2.24, 2.45) is 0 Å². The maximum atomic E-state index is 10.7. The SMILES string of the molecule is COc1ccc(COCc2cccc(C=O)c2)cc1. The summed E-state index contributed by atoms with van der Waals surface area (Å²) in [6.07, 6.45) is 0.840. The number of carbonyl (C=O) groups excluding carboxylic acids is 1. The number of benzene rings is 2. The Morgan fingerprint density at radius 1 is 1.00 bits per heavy atom. The van der Waals surface area contributed by atoms with Crippen molar-refractivity contribution in [3.63, 3.8) is 0 Å². The first-order valence-electron chi connectivity index (χ1n) is 6.06. The molecule has 3 nitrogen and oxygen atoms in total. The molecule has 98 valence electrons. The summed E-state index contributed by atoms with van der Waals surface area (Å²) in [5, 5.41) is 0. The average molecular weight is 256 g/mol. The predicted octanol–water partition coefficient (Wildman–Crippen LogP) is 3.22. The van der Waals surface area contributed by atoms with Gasteiger partial charge in [0.15, 0.2) is 0 Å². The van der Waals surface area contributed by atoms with E-state index >= 15 is 0 Å². The summed E-state index contributed by atoms with van der Waals surface area (Å²) in [7, 11) is 1.64. The molecule has 0 saturated carbocycles. The maximum Gasteiger partial charge on any atom is 0.150 e. The van der Waals surface area contributed by atoms with E-state index in [1.807, 2.05) is 42.5 Å². The van der Waals surface area contributed by atoms with E-state index in [4.69, 9.17) is 9.47 Å². The lowest BCUT2D eigenvalue weighted by molar-refractivity contribution is 0.107. The van der Waals surface area contributed by atoms with E-state index in [0.29, 0.717) is 18.8 Å². The van der Waals surface area contributed by atoms with E-state index in [2.05, 4.69) is 0 Å². The fraction of sp³-hybridized carbons (Fsp3) is 0.188. The molecule has 2 aromatic rings. The summed E-state index contributed by atoms with van der Waals surface area (Å²) < 4.78 is 10.7. The van der Waals surface area contributed by atoms with Gasteiger partial charge in [-0.25, -0.2) is 0 Å². The fourth-order valence-corrected chi connectivity index (χ4v) is 1.76. The Kier molecular flexibility index (Phi) is 4.70. The van der Waals surface area contributed by atoms with Gasteiger partial charge in [-0.3, -0.25) is 4.79 Å². The molecule has 2 aromatic carbocycles. The molecule has 0 fully saturated rings. The standard InChI is InChI=1S/C16H16O3/c1-18-16-7-5-13(6-8-16)11-19-12-15-4-2-3-14(9-15)10-17/h2-10H,11-12H2,1H3. The summed E-state index contributed by atoms with van der Waals surface area (Å²) >= 11 is 0. The summed E-state index contributed by atoms with van der Waals surface area (Å²) in [6, 6.07) is 15.2. The van der Waals surface area contributed by atoms with Crippen LogP contribution in [0.2, 0.25) is 0 Å². The fourth-order valence-electron chi connectivity index (χ4n) is 1.76. The van der Waals surface area contributed by atoms with Gasteiger partial charge in [-0.1, -0.05) is 30.3 Å². The third kappa shape index (κ3) is 3.93. The summed E-state index contributed by atoms with van der Waals surface area (Å²) in [5.41, 5.74) is 2.76. The first-order chi connectivity index (χ1) is 9.31. The molecule has 0 heterocycles. The van der Waals surface area contributed by atoms with Gasteiger partial charge in [0, 0.05) is 5.56 Å². The Morgan fingerprint density at radius 3 is 2.42 bits per heavy atom. The van der Waals surface area contributed by atoms with Gasteiger partial charge in [-0.05, 0) is 29.3 Å². The largest absolute Gasteiger partial charge is 0.497 e. The van der Waals surface area contributed by atoms with Gasteiger partial charge in [-0.2, -0.15) is 0 Å². The number of hydrogen-bond acceptors (Lipinski definition) is 3. The smallest absolute Gasteiger partial charge is 0.150 e. The highest BCUT2D eigenvalue weighted by atomic mass is 16.5. The Labute approximate surface area is 112 Å². The van der Waals surface area contributed by atoms with Crippen molar-refractivity contribution in [2.45, 2.75) is 13.2 Å². The molecule has 0 aliphatic rings. The highest BCUT2D eigenvalue weighted by Crippen LogP contribution is 2.13. The predicted molar refractivity (Wildman–Crippen MR) is 73.3 cm³/mol. The number of rotatable bonds is 6. The van der Waals surface area contributed by atoms with Crippen LogP contribution in [0.5, 0.6) is 5.75 Å². The van der Waals surface area contributed by atoms with E-state index in [0.717, 1.165) is 23.2 Å². The van der Waals surface area contributed by atoms with Crippen molar-refractivity contribution < 1.29 is 14.3 Å². The highest BCUT2D eigenvalue weighted by molar-refractivity contribution is 5.74. The van der Waals surface area contributed by atoms with Gasteiger partial charge >= 0.3 is 0 Å². The minimum atomic E-state index is 0.494. The average Bonchev–Trinajstić information content (AvgIpc) is 2.48. The molecule has 0 aromatic heterocycles. The van der Waals surface area contributed by atoms with E-state index in [9.17, 15) is 4.79 Å². The van der Waals surface area contributed by atoms with Crippen molar-refractivity contribution in [1.82, 2.24) is 0 Å². The molecular weight excluding hydrogens is 240 g/mol. The molecule has 0 atom stereocenters. The van der Waals surface area contributed by atoms with Gasteiger partial charge in [0.25, 0.3) is 0 Å². The van der Waals surface area contributed by atoms with Crippen LogP contribution in [0.25, 0.3) is 0 Å². The van der Waals surface area contributed by atoms with Gasteiger partial charge in [0.05, 0.1) is 20.3 Å². The van der Waals surface area contributed by atoms with Crippen LogP contribution in [0.15, 0.2) is 48.5 Å². The third-order valence-electron chi connectivity index (χ3n) is 2.78. The minimum Gasteiger partial charge on any atom is -0.497 e. The van der Waals surface area contributed by atoms with E-state index < -0.39 is 0 Å². The molecule has 0 amide bonds. The molecule has 0 aliphatic heterocycles. The van der Waals surface area contributed by atoms with Crippen LogP contribution in [-0.4, -0.2) is 13.4 Å². The molecule has 0 spiro atoms. The molecular formula is C16H16O3. The maximum absolute atomic E-state index is 10.7. The van der Waals surface area contributed by atoms with Crippen LogP contribution in [-0.2, 0) is 18.0 Å². The van der Waals surface area contributed by atoms with Gasteiger partial charge in [0.2, 0.25) is 0 Å². The molecule has 0 saturated heterocycles. The van der Waals surface area contributed by atoms with Crippen LogP contribution in [0, 0.1) is 0 Å². The summed E-state index contributed by atoms with van der Waals surface area (Å²) in [6.45, 7) is 1.03. The molecule has 2 rings (SSSR count). The molecule has 0 N–H and O–H groups in total. The Hall–Kier alpha value is -2.13. The van der Waals surface area contributed by atoms with Crippen LogP contribution in [0.3, 0.4) is 0 Å². The molecule has 0 radical (unpaired) electrons. The number of hydrogen-bond donors (Lipinski definition) is 0. The lowest BCUT2D eigenvalue weighted by Gasteiger charge is -2.06. The first kappa shape index (κ1) is 13.3. The highest BCUT2D eigenvalue weighted by Gasteiger charge is 1.98. The second-order valence-corrected chi connectivity index (χ2v) is 4.20. The summed E-state index contributed by atoms with van der Waals surface area (Å²) in [5.74, 6) is 0.836. The second kappa shape index (κ2) is 6.71. The van der Waals surface area contributed by atoms with Crippen molar-refractivity contribution in [3.05, 3.63) is 65.2 Å². The summed E-state index contributed by atoms with van der Waals surface area (Å²) in [4.78, 5) is 10.7. The van der Waals surface area contributed by atoms with E-state index in [-0.39, 0.29) is 0 Å². The van der Waals surface area contributed by atoms with E-state index in [1.54, 1.807) is 13.2 Å². The van der Waals surface area contributed by atoms with Gasteiger partial charge in [0.1, 0.15) is 12.0 Å². The minimum absolute atomic E-state index is 0.494. The van der Waals surface area contributed by atoms with Crippen molar-refractivity contribution >= 4 is 6.29 Å². The van der Waals surface area contributed by atoms with Crippen LogP contribution in [0.4, 0.5) is 0 Å². The van der Waals surface area contributed by atoms with Crippen molar-refractivity contribution in [1.29, 1.82) is 0 Å². The second-order valence-electron chi connectivity index (χ2n) is 4.20. The topological polar surface area (TPSA) is 35.5 Å². The lowest BCUT2D eigenvalue weighted by Crippen LogP contribution is -1.95. The van der Waals surface area contributed by atoms with E-state index in [1.165, 1.54) is 0 Å². The zero-order chi connectivity index (χ0) is 13.5. The zero-order valence-electron chi connectivity index (χ0n) is 10.8. The number of aldehydes is 1. The molecule has 0 bridgehead atoms. The van der Waals surface area contributed by atoms with Crippen LogP contribution < -0.4 is 4.74 Å². The quantitative estimate of drug-likeness (QED) is 0.744. The number of ether oxygens (including phenoxy) is 2. The van der Waals surface area contributed by atoms with Crippen LogP contribution in [0.1, 0.15) is 21.5 Å². The monoisotopic (exact) mass is 256 g/mol. The van der Waals surface area contributed by atoms with Gasteiger partial charge in [-0.15, -0.1) is 0 Å². The molecule has 3 heteroatoms. The zero-order valence-corrected chi connectivity index (χ0v) is 10.8. The Balaban J connectivity index is 1.86. The first-order valence-corrected chi connectivity index (χ1v) is 6.06. The van der Waals surface area contributed by atoms with Crippen molar-refractivity contribution in [2.75, 3.05) is 7.11 Å². The molecule has 0 aliphatic carbocycles. The van der Waals surface area contributed by atoms with Crippen LogP contribution >= 0.6 is 0 Å².